The maximum absolute atomic E-state index is 13.1. The van der Waals surface area contributed by atoms with E-state index in [4.69, 9.17) is 10.5 Å². The molecule has 1 heterocycles. The Labute approximate surface area is 187 Å². The van der Waals surface area contributed by atoms with Gasteiger partial charge in [0.2, 0.25) is 5.78 Å². The molecule has 3 aromatic rings. The van der Waals surface area contributed by atoms with Crippen molar-refractivity contribution < 1.29 is 14.3 Å². The number of halogens is 1. The topological polar surface area (TPSA) is 93.5 Å². The van der Waals surface area contributed by atoms with Gasteiger partial charge in [-0.1, -0.05) is 58.4 Å². The molecule has 0 aliphatic heterocycles. The van der Waals surface area contributed by atoms with Gasteiger partial charge in [0, 0.05) is 30.2 Å². The minimum atomic E-state index is -0.343. The molecule has 0 saturated carbocycles. The summed E-state index contributed by atoms with van der Waals surface area (Å²) < 4.78 is 5.78. The van der Waals surface area contributed by atoms with Gasteiger partial charge in [0.25, 0.3) is 5.91 Å². The summed E-state index contributed by atoms with van der Waals surface area (Å²) in [7, 11) is 1.56. The Kier molecular flexibility index (Phi) is 7.62. The van der Waals surface area contributed by atoms with Gasteiger partial charge in [-0.05, 0) is 17.7 Å². The van der Waals surface area contributed by atoms with Crippen LogP contribution in [0.3, 0.4) is 0 Å². The van der Waals surface area contributed by atoms with Gasteiger partial charge in [0.05, 0.1) is 17.9 Å². The number of methoxy groups -OCH3 is 1. The van der Waals surface area contributed by atoms with E-state index in [0.29, 0.717) is 35.1 Å². The Morgan fingerprint density at radius 2 is 1.90 bits per heavy atom. The van der Waals surface area contributed by atoms with Crippen molar-refractivity contribution in [2.45, 2.75) is 6.54 Å². The van der Waals surface area contributed by atoms with Crippen LogP contribution >= 0.6 is 27.3 Å². The number of nitrogens with two attached hydrogens (primary N) is 1. The molecule has 0 saturated heterocycles. The zero-order chi connectivity index (χ0) is 21.5. The number of ketones is 1. The third kappa shape index (κ3) is 5.27. The first kappa shape index (κ1) is 22.0. The molecule has 6 nitrogen and oxygen atoms in total. The normalized spacial score (nSPS) is 10.6. The second kappa shape index (κ2) is 10.4. The van der Waals surface area contributed by atoms with Crippen LogP contribution in [-0.4, -0.2) is 32.0 Å². The fourth-order valence-corrected chi connectivity index (χ4v) is 4.33. The molecule has 2 aromatic carbocycles. The lowest BCUT2D eigenvalue weighted by Crippen LogP contribution is -2.28. The van der Waals surface area contributed by atoms with Gasteiger partial charge < -0.3 is 21.1 Å². The number of hydrogen-bond acceptors (Lipinski definition) is 6. The summed E-state index contributed by atoms with van der Waals surface area (Å²) in [6.07, 6.45) is 0. The number of anilines is 2. The van der Waals surface area contributed by atoms with E-state index in [1.165, 1.54) is 11.3 Å². The van der Waals surface area contributed by atoms with Crippen LogP contribution in [0, 0.1) is 0 Å². The Morgan fingerprint density at radius 3 is 2.60 bits per heavy atom. The molecule has 0 atom stereocenters. The van der Waals surface area contributed by atoms with Gasteiger partial charge in [0.15, 0.2) is 0 Å². The molecule has 0 aliphatic carbocycles. The first-order valence-corrected chi connectivity index (χ1v) is 10.9. The van der Waals surface area contributed by atoms with Crippen molar-refractivity contribution >= 4 is 49.6 Å². The molecule has 3 rings (SSSR count). The summed E-state index contributed by atoms with van der Waals surface area (Å²) in [6, 6.07) is 16.9. The predicted molar refractivity (Wildman–Crippen MR) is 124 cm³/mol. The quantitative estimate of drug-likeness (QED) is 0.308. The Hall–Kier alpha value is -2.68. The average molecular weight is 488 g/mol. The highest BCUT2D eigenvalue weighted by Crippen LogP contribution is 2.37. The minimum Gasteiger partial charge on any atom is -0.397 e. The monoisotopic (exact) mass is 487 g/mol. The largest absolute Gasteiger partial charge is 0.397 e. The number of carbonyl (C=O) groups excluding carboxylic acids is 2. The third-order valence-corrected chi connectivity index (χ3v) is 6.01. The maximum atomic E-state index is 13.1. The molecule has 0 fully saturated rings. The highest BCUT2D eigenvalue weighted by Gasteiger charge is 2.26. The Bertz CT molecular complexity index is 1040. The molecule has 8 heteroatoms. The van der Waals surface area contributed by atoms with Crippen molar-refractivity contribution in [1.29, 1.82) is 0 Å². The maximum Gasteiger partial charge on any atom is 0.256 e. The van der Waals surface area contributed by atoms with Gasteiger partial charge >= 0.3 is 0 Å². The van der Waals surface area contributed by atoms with E-state index in [2.05, 4.69) is 26.6 Å². The summed E-state index contributed by atoms with van der Waals surface area (Å²) in [5, 5.41) is 6.61. The van der Waals surface area contributed by atoms with Gasteiger partial charge in [-0.2, -0.15) is 0 Å². The number of hydrogen-bond donors (Lipinski definition) is 3. The van der Waals surface area contributed by atoms with E-state index >= 15 is 0 Å². The Balaban J connectivity index is 1.93. The summed E-state index contributed by atoms with van der Waals surface area (Å²) in [4.78, 5) is 26.2. The van der Waals surface area contributed by atoms with Gasteiger partial charge in [-0.15, -0.1) is 11.3 Å². The van der Waals surface area contributed by atoms with Crippen molar-refractivity contribution in [3.63, 3.8) is 0 Å². The first-order valence-electron chi connectivity index (χ1n) is 9.28. The molecule has 156 valence electrons. The number of ether oxygens (including phenoxy) is 1. The van der Waals surface area contributed by atoms with E-state index in [0.717, 1.165) is 10.0 Å². The highest BCUT2D eigenvalue weighted by atomic mass is 79.9. The van der Waals surface area contributed by atoms with Crippen LogP contribution in [0.25, 0.3) is 0 Å². The van der Waals surface area contributed by atoms with E-state index in [9.17, 15) is 9.59 Å². The van der Waals surface area contributed by atoms with Crippen LogP contribution in [0.1, 0.15) is 31.2 Å². The molecule has 0 bridgehead atoms. The molecule has 0 radical (unpaired) electrons. The predicted octanol–water partition coefficient (Wildman–Crippen LogP) is 4.31. The van der Waals surface area contributed by atoms with Gasteiger partial charge in [-0.25, -0.2) is 0 Å². The lowest BCUT2D eigenvalue weighted by Gasteiger charge is -2.09. The third-order valence-electron chi connectivity index (χ3n) is 4.35. The Morgan fingerprint density at radius 1 is 1.13 bits per heavy atom. The summed E-state index contributed by atoms with van der Waals surface area (Å²) in [5.74, 6) is -0.567. The van der Waals surface area contributed by atoms with Crippen molar-refractivity contribution in [2.24, 2.45) is 0 Å². The zero-order valence-corrected chi connectivity index (χ0v) is 18.8. The van der Waals surface area contributed by atoms with E-state index in [1.54, 1.807) is 25.3 Å². The molecule has 0 aliphatic rings. The number of benzene rings is 2. The lowest BCUT2D eigenvalue weighted by atomic mass is 10.1. The number of nitrogens with one attached hydrogen (secondary N) is 2. The van der Waals surface area contributed by atoms with Crippen LogP contribution in [-0.2, 0) is 11.3 Å². The number of nitrogen functional groups attached to an aromatic ring is 1. The second-order valence-electron chi connectivity index (χ2n) is 6.48. The molecular weight excluding hydrogens is 466 g/mol. The van der Waals surface area contributed by atoms with Crippen molar-refractivity contribution in [3.8, 4) is 0 Å². The fraction of sp³-hybridized carbons (Fsp3) is 0.182. The second-order valence-corrected chi connectivity index (χ2v) is 8.41. The highest BCUT2D eigenvalue weighted by molar-refractivity contribution is 9.10. The molecule has 0 spiro atoms. The first-order chi connectivity index (χ1) is 14.5. The number of rotatable bonds is 9. The molecule has 1 aromatic heterocycles. The van der Waals surface area contributed by atoms with Crippen LogP contribution in [0.15, 0.2) is 59.1 Å². The van der Waals surface area contributed by atoms with Gasteiger partial charge in [-0.3, -0.25) is 9.59 Å². The molecule has 0 unspecified atom stereocenters. The van der Waals surface area contributed by atoms with Crippen molar-refractivity contribution in [1.82, 2.24) is 5.32 Å². The summed E-state index contributed by atoms with van der Waals surface area (Å²) in [5.41, 5.74) is 8.31. The number of carbonyl (C=O) groups is 2. The molecule has 30 heavy (non-hydrogen) atoms. The van der Waals surface area contributed by atoms with E-state index < -0.39 is 0 Å². The smallest absolute Gasteiger partial charge is 0.256 e. The lowest BCUT2D eigenvalue weighted by molar-refractivity contribution is 0.0939. The van der Waals surface area contributed by atoms with Crippen molar-refractivity contribution in [3.05, 3.63) is 80.6 Å². The summed E-state index contributed by atoms with van der Waals surface area (Å²) in [6.45, 7) is 1.23. The van der Waals surface area contributed by atoms with E-state index in [-0.39, 0.29) is 22.9 Å². The molecular formula is C22H22BrN3O3S. The zero-order valence-electron chi connectivity index (χ0n) is 16.4. The van der Waals surface area contributed by atoms with Gasteiger partial charge in [0.1, 0.15) is 9.88 Å². The van der Waals surface area contributed by atoms with Crippen molar-refractivity contribution in [2.75, 3.05) is 31.3 Å². The minimum absolute atomic E-state index is 0.176. The molecule has 4 N–H and O–H groups in total. The van der Waals surface area contributed by atoms with Crippen LogP contribution < -0.4 is 16.4 Å². The van der Waals surface area contributed by atoms with Crippen LogP contribution in [0.5, 0.6) is 0 Å². The number of amides is 1. The summed E-state index contributed by atoms with van der Waals surface area (Å²) >= 11 is 4.57. The van der Waals surface area contributed by atoms with E-state index in [1.807, 2.05) is 36.4 Å². The number of thiophene rings is 1. The SMILES string of the molecule is COCCNC(=O)c1c(NCc2ccccc2)sc(C(=O)c2cccc(Br)c2)c1N. The molecule has 1 amide bonds. The van der Waals surface area contributed by atoms with Crippen LogP contribution in [0.4, 0.5) is 10.7 Å². The standard InChI is InChI=1S/C22H22BrN3O3S/c1-29-11-10-25-21(28)17-18(24)20(19(27)15-8-5-9-16(23)12-15)30-22(17)26-13-14-6-3-2-4-7-14/h2-9,12,26H,10-11,13,24H2,1H3,(H,25,28). The average Bonchev–Trinajstić information content (AvgIpc) is 3.08. The fourth-order valence-electron chi connectivity index (χ4n) is 2.86. The van der Waals surface area contributed by atoms with Crippen LogP contribution in [0.2, 0.25) is 0 Å².